The van der Waals surface area contributed by atoms with Crippen LogP contribution in [0.1, 0.15) is 29.9 Å². The van der Waals surface area contributed by atoms with Gasteiger partial charge in [0.1, 0.15) is 18.1 Å². The van der Waals surface area contributed by atoms with Gasteiger partial charge in [0, 0.05) is 11.1 Å². The van der Waals surface area contributed by atoms with Gasteiger partial charge in [0.2, 0.25) is 0 Å². The summed E-state index contributed by atoms with van der Waals surface area (Å²) in [5, 5.41) is 4.16. The lowest BCUT2D eigenvalue weighted by Gasteiger charge is -2.04. The average Bonchev–Trinajstić information content (AvgIpc) is 3.18. The molecule has 106 valence electrons. The Balaban J connectivity index is 1.45. The molecule has 3 rings (SSSR count). The molecule has 1 aliphatic rings. The molecule has 2 aromatic rings. The Bertz CT molecular complexity index is 563. The highest BCUT2D eigenvalue weighted by molar-refractivity contribution is 6.31. The lowest BCUT2D eigenvalue weighted by atomic mass is 10.2. The minimum absolute atomic E-state index is 0.467. The van der Waals surface area contributed by atoms with Crippen molar-refractivity contribution >= 4 is 11.6 Å². The van der Waals surface area contributed by atoms with Crippen LogP contribution in [0.2, 0.25) is 5.02 Å². The van der Waals surface area contributed by atoms with E-state index in [1.807, 2.05) is 36.4 Å². The summed E-state index contributed by atoms with van der Waals surface area (Å²) < 4.78 is 11.3. The quantitative estimate of drug-likeness (QED) is 0.840. The summed E-state index contributed by atoms with van der Waals surface area (Å²) in [6.45, 7) is 1.76. The van der Waals surface area contributed by atoms with Gasteiger partial charge < -0.3 is 14.5 Å². The first-order chi connectivity index (χ1) is 9.81. The van der Waals surface area contributed by atoms with Crippen LogP contribution in [0.3, 0.4) is 0 Å². The van der Waals surface area contributed by atoms with Gasteiger partial charge in [0.15, 0.2) is 0 Å². The monoisotopic (exact) mass is 291 g/mol. The topological polar surface area (TPSA) is 34.4 Å². The van der Waals surface area contributed by atoms with E-state index in [1.54, 1.807) is 0 Å². The third-order valence-corrected chi connectivity index (χ3v) is 3.69. The van der Waals surface area contributed by atoms with Gasteiger partial charge in [-0.15, -0.1) is 0 Å². The van der Waals surface area contributed by atoms with E-state index in [0.717, 1.165) is 28.7 Å². The zero-order valence-electron chi connectivity index (χ0n) is 11.3. The Morgan fingerprint density at radius 1 is 1.10 bits per heavy atom. The van der Waals surface area contributed by atoms with Crippen molar-refractivity contribution in [2.75, 3.05) is 0 Å². The highest BCUT2D eigenvalue weighted by Crippen LogP contribution is 2.20. The number of benzene rings is 1. The summed E-state index contributed by atoms with van der Waals surface area (Å²) in [4.78, 5) is 0. The summed E-state index contributed by atoms with van der Waals surface area (Å²) in [7, 11) is 0. The van der Waals surface area contributed by atoms with Crippen molar-refractivity contribution in [3.63, 3.8) is 0 Å². The van der Waals surface area contributed by atoms with Gasteiger partial charge >= 0.3 is 0 Å². The Morgan fingerprint density at radius 2 is 1.90 bits per heavy atom. The van der Waals surface area contributed by atoms with E-state index in [-0.39, 0.29) is 0 Å². The molecular formula is C16H18ClNO2. The van der Waals surface area contributed by atoms with Crippen molar-refractivity contribution in [3.8, 4) is 0 Å². The van der Waals surface area contributed by atoms with Gasteiger partial charge in [0.05, 0.1) is 13.2 Å². The van der Waals surface area contributed by atoms with Crippen LogP contribution in [0.25, 0.3) is 0 Å². The fraction of sp³-hybridized carbons (Fsp3) is 0.375. The van der Waals surface area contributed by atoms with Crippen LogP contribution in [0, 0.1) is 0 Å². The fourth-order valence-corrected chi connectivity index (χ4v) is 2.19. The predicted octanol–water partition coefficient (Wildman–Crippen LogP) is 3.90. The third kappa shape index (κ3) is 3.85. The SMILES string of the molecule is Clc1ccccc1COCc1ccc(CNC2CC2)o1. The molecule has 1 aliphatic carbocycles. The number of halogens is 1. The number of rotatable bonds is 7. The van der Waals surface area contributed by atoms with E-state index in [1.165, 1.54) is 12.8 Å². The largest absolute Gasteiger partial charge is 0.462 e. The molecule has 0 aliphatic heterocycles. The van der Waals surface area contributed by atoms with Gasteiger partial charge in [-0.1, -0.05) is 29.8 Å². The van der Waals surface area contributed by atoms with Crippen molar-refractivity contribution in [3.05, 3.63) is 58.5 Å². The first kappa shape index (κ1) is 13.7. The van der Waals surface area contributed by atoms with Crippen LogP contribution in [-0.2, 0) is 24.5 Å². The van der Waals surface area contributed by atoms with Crippen LogP contribution in [0.15, 0.2) is 40.8 Å². The first-order valence-electron chi connectivity index (χ1n) is 6.93. The molecule has 1 saturated carbocycles. The average molecular weight is 292 g/mol. The number of ether oxygens (including phenoxy) is 1. The van der Waals surface area contributed by atoms with Crippen LogP contribution in [0.4, 0.5) is 0 Å². The Labute approximate surface area is 123 Å². The number of hydrogen-bond acceptors (Lipinski definition) is 3. The smallest absolute Gasteiger partial charge is 0.129 e. The number of furan rings is 1. The zero-order valence-corrected chi connectivity index (χ0v) is 12.0. The molecule has 0 atom stereocenters. The molecule has 1 N–H and O–H groups in total. The number of hydrogen-bond donors (Lipinski definition) is 1. The van der Waals surface area contributed by atoms with Crippen molar-refractivity contribution in [2.24, 2.45) is 0 Å². The van der Waals surface area contributed by atoms with E-state index >= 15 is 0 Å². The molecule has 1 heterocycles. The predicted molar refractivity (Wildman–Crippen MR) is 78.5 cm³/mol. The summed E-state index contributed by atoms with van der Waals surface area (Å²) in [6, 6.07) is 12.4. The molecule has 20 heavy (non-hydrogen) atoms. The lowest BCUT2D eigenvalue weighted by molar-refractivity contribution is 0.0920. The van der Waals surface area contributed by atoms with Crippen molar-refractivity contribution in [2.45, 2.75) is 38.6 Å². The first-order valence-corrected chi connectivity index (χ1v) is 7.31. The molecule has 1 aromatic carbocycles. The number of nitrogens with one attached hydrogen (secondary N) is 1. The molecule has 1 aromatic heterocycles. The van der Waals surface area contributed by atoms with Gasteiger partial charge in [-0.05, 0) is 36.6 Å². The maximum atomic E-state index is 6.08. The summed E-state index contributed by atoms with van der Waals surface area (Å²) in [5.74, 6) is 1.82. The molecule has 3 nitrogen and oxygen atoms in total. The van der Waals surface area contributed by atoms with E-state index in [2.05, 4.69) is 5.32 Å². The summed E-state index contributed by atoms with van der Waals surface area (Å²) in [6.07, 6.45) is 2.57. The van der Waals surface area contributed by atoms with Crippen LogP contribution in [0.5, 0.6) is 0 Å². The molecule has 0 unspecified atom stereocenters. The van der Waals surface area contributed by atoms with E-state index < -0.39 is 0 Å². The summed E-state index contributed by atoms with van der Waals surface area (Å²) >= 11 is 6.08. The molecule has 0 radical (unpaired) electrons. The van der Waals surface area contributed by atoms with Gasteiger partial charge in [-0.25, -0.2) is 0 Å². The molecule has 4 heteroatoms. The van der Waals surface area contributed by atoms with Gasteiger partial charge in [-0.2, -0.15) is 0 Å². The van der Waals surface area contributed by atoms with E-state index in [9.17, 15) is 0 Å². The third-order valence-electron chi connectivity index (χ3n) is 3.32. The van der Waals surface area contributed by atoms with E-state index in [4.69, 9.17) is 20.8 Å². The second kappa shape index (κ2) is 6.44. The Kier molecular flexibility index (Phi) is 4.41. The lowest BCUT2D eigenvalue weighted by Crippen LogP contribution is -2.14. The standard InChI is InChI=1S/C16H18ClNO2/c17-16-4-2-1-3-12(16)10-19-11-15-8-7-14(20-15)9-18-13-5-6-13/h1-4,7-8,13,18H,5-6,9-11H2. The maximum absolute atomic E-state index is 6.08. The van der Waals surface area contributed by atoms with Crippen LogP contribution < -0.4 is 5.32 Å². The normalized spacial score (nSPS) is 14.7. The maximum Gasteiger partial charge on any atom is 0.129 e. The molecule has 0 saturated heterocycles. The highest BCUT2D eigenvalue weighted by Gasteiger charge is 2.20. The molecule has 1 fully saturated rings. The fourth-order valence-electron chi connectivity index (χ4n) is 2.00. The van der Waals surface area contributed by atoms with Crippen molar-refractivity contribution < 1.29 is 9.15 Å². The van der Waals surface area contributed by atoms with Crippen molar-refractivity contribution in [1.82, 2.24) is 5.32 Å². The zero-order chi connectivity index (χ0) is 13.8. The molecule has 0 amide bonds. The van der Waals surface area contributed by atoms with Gasteiger partial charge in [-0.3, -0.25) is 0 Å². The minimum atomic E-state index is 0.467. The summed E-state index contributed by atoms with van der Waals surface area (Å²) in [5.41, 5.74) is 0.997. The molecule has 0 bridgehead atoms. The second-order valence-electron chi connectivity index (χ2n) is 5.11. The van der Waals surface area contributed by atoms with Crippen LogP contribution >= 0.6 is 11.6 Å². The van der Waals surface area contributed by atoms with E-state index in [0.29, 0.717) is 19.3 Å². The Morgan fingerprint density at radius 3 is 2.70 bits per heavy atom. The van der Waals surface area contributed by atoms with Gasteiger partial charge in [0.25, 0.3) is 0 Å². The molecule has 0 spiro atoms. The van der Waals surface area contributed by atoms with Crippen LogP contribution in [-0.4, -0.2) is 6.04 Å². The molecular weight excluding hydrogens is 274 g/mol. The Hall–Kier alpha value is -1.29. The highest BCUT2D eigenvalue weighted by atomic mass is 35.5. The second-order valence-corrected chi connectivity index (χ2v) is 5.51. The minimum Gasteiger partial charge on any atom is -0.462 e. The van der Waals surface area contributed by atoms with Crippen molar-refractivity contribution in [1.29, 1.82) is 0 Å².